The molecule has 14 heteroatoms. The highest BCUT2D eigenvalue weighted by atomic mass is 16.3. The second-order valence-electron chi connectivity index (χ2n) is 11.6. The Labute approximate surface area is 267 Å². The number of hydrogen-bond acceptors (Lipinski definition) is 8. The first-order valence-corrected chi connectivity index (χ1v) is 15.0. The summed E-state index contributed by atoms with van der Waals surface area (Å²) >= 11 is 0. The minimum atomic E-state index is -1.48. The van der Waals surface area contributed by atoms with Crippen LogP contribution < -0.4 is 31.9 Å². The molecule has 2 aromatic rings. The van der Waals surface area contributed by atoms with Crippen LogP contribution in [0.1, 0.15) is 38.8 Å². The Bertz CT molecular complexity index is 1400. The van der Waals surface area contributed by atoms with Gasteiger partial charge in [0, 0.05) is 12.8 Å². The molecule has 0 unspecified atom stereocenters. The lowest BCUT2D eigenvalue weighted by Gasteiger charge is -2.29. The summed E-state index contributed by atoms with van der Waals surface area (Å²) in [5, 5.41) is 35.2. The van der Waals surface area contributed by atoms with Crippen LogP contribution in [-0.4, -0.2) is 88.5 Å². The second-order valence-corrected chi connectivity index (χ2v) is 11.6. The number of amides is 6. The van der Waals surface area contributed by atoms with Gasteiger partial charge in [0.25, 0.3) is 0 Å². The number of carbonyl (C=O) groups excluding carboxylic acids is 6. The number of hydrogen-bond donors (Lipinski definition) is 8. The number of benzene rings is 2. The number of phenols is 1. The average Bonchev–Trinajstić information content (AvgIpc) is 3.01. The summed E-state index contributed by atoms with van der Waals surface area (Å²) in [6, 6.07) is 8.64. The van der Waals surface area contributed by atoms with Crippen LogP contribution in [0.25, 0.3) is 0 Å². The van der Waals surface area contributed by atoms with E-state index >= 15 is 0 Å². The van der Waals surface area contributed by atoms with Gasteiger partial charge in [0.2, 0.25) is 35.4 Å². The number of phenolic OH excluding ortho intramolecular Hbond substituents is 1. The highest BCUT2D eigenvalue weighted by Gasteiger charge is 2.34. The summed E-state index contributed by atoms with van der Waals surface area (Å²) in [7, 11) is 0. The van der Waals surface area contributed by atoms with Crippen molar-refractivity contribution >= 4 is 35.4 Å². The van der Waals surface area contributed by atoms with Crippen LogP contribution in [0.4, 0.5) is 0 Å². The topological polar surface area (TPSA) is 215 Å². The Morgan fingerprint density at radius 2 is 1.17 bits per heavy atom. The van der Waals surface area contributed by atoms with E-state index in [0.29, 0.717) is 11.1 Å². The minimum Gasteiger partial charge on any atom is -0.508 e. The molecule has 248 valence electrons. The van der Waals surface area contributed by atoms with Crippen molar-refractivity contribution < 1.29 is 39.0 Å². The molecular formula is C32H42N6O8. The maximum Gasteiger partial charge on any atom is 0.245 e. The van der Waals surface area contributed by atoms with Crippen molar-refractivity contribution in [1.29, 1.82) is 0 Å². The van der Waals surface area contributed by atoms with Gasteiger partial charge >= 0.3 is 0 Å². The Kier molecular flexibility index (Phi) is 12.6. The number of aliphatic hydroxyl groups is 1. The molecule has 46 heavy (non-hydrogen) atoms. The Morgan fingerprint density at radius 3 is 1.72 bits per heavy atom. The van der Waals surface area contributed by atoms with Crippen LogP contribution >= 0.6 is 0 Å². The fourth-order valence-corrected chi connectivity index (χ4v) is 4.78. The molecule has 6 amide bonds. The number of aromatic hydroxyl groups is 1. The third-order valence-electron chi connectivity index (χ3n) is 7.43. The van der Waals surface area contributed by atoms with Gasteiger partial charge in [-0.05, 0) is 43.0 Å². The first-order valence-electron chi connectivity index (χ1n) is 15.0. The van der Waals surface area contributed by atoms with Crippen LogP contribution in [0.2, 0.25) is 0 Å². The van der Waals surface area contributed by atoms with Gasteiger partial charge < -0.3 is 42.1 Å². The molecule has 0 spiro atoms. The van der Waals surface area contributed by atoms with E-state index < -0.39 is 84.2 Å². The van der Waals surface area contributed by atoms with Gasteiger partial charge in [-0.2, -0.15) is 0 Å². The molecule has 3 rings (SSSR count). The summed E-state index contributed by atoms with van der Waals surface area (Å²) < 4.78 is 0. The highest BCUT2D eigenvalue weighted by Crippen LogP contribution is 2.13. The normalized spacial score (nSPS) is 24.7. The summed E-state index contributed by atoms with van der Waals surface area (Å²) in [4.78, 5) is 79.5. The van der Waals surface area contributed by atoms with Gasteiger partial charge in [-0.25, -0.2) is 0 Å². The van der Waals surface area contributed by atoms with Crippen molar-refractivity contribution in [2.45, 2.75) is 76.8 Å². The van der Waals surface area contributed by atoms with Crippen LogP contribution in [-0.2, 0) is 41.6 Å². The second kappa shape index (κ2) is 16.4. The molecule has 6 atom stereocenters. The largest absolute Gasteiger partial charge is 0.508 e. The molecule has 0 aliphatic carbocycles. The van der Waals surface area contributed by atoms with Gasteiger partial charge in [0.15, 0.2) is 0 Å². The monoisotopic (exact) mass is 638 g/mol. The van der Waals surface area contributed by atoms with E-state index in [1.807, 2.05) is 0 Å². The van der Waals surface area contributed by atoms with E-state index in [9.17, 15) is 39.0 Å². The molecule has 1 fully saturated rings. The van der Waals surface area contributed by atoms with Gasteiger partial charge in [-0.1, -0.05) is 56.3 Å². The number of rotatable bonds is 6. The van der Waals surface area contributed by atoms with Crippen molar-refractivity contribution in [1.82, 2.24) is 31.9 Å². The molecule has 1 heterocycles. The first kappa shape index (κ1) is 35.5. The Hall–Kier alpha value is -4.98. The van der Waals surface area contributed by atoms with Crippen LogP contribution in [0.15, 0.2) is 54.6 Å². The molecule has 1 aliphatic heterocycles. The zero-order valence-electron chi connectivity index (χ0n) is 26.2. The molecule has 0 radical (unpaired) electrons. The molecular weight excluding hydrogens is 596 g/mol. The van der Waals surface area contributed by atoms with Crippen LogP contribution in [0.5, 0.6) is 5.75 Å². The van der Waals surface area contributed by atoms with E-state index in [1.54, 1.807) is 56.3 Å². The van der Waals surface area contributed by atoms with E-state index in [1.165, 1.54) is 26.0 Å². The lowest BCUT2D eigenvalue weighted by molar-refractivity contribution is -0.137. The molecule has 0 saturated carbocycles. The van der Waals surface area contributed by atoms with E-state index in [0.717, 1.165) is 0 Å². The lowest BCUT2D eigenvalue weighted by Crippen LogP contribution is -2.62. The van der Waals surface area contributed by atoms with Crippen molar-refractivity contribution in [2.75, 3.05) is 6.54 Å². The van der Waals surface area contributed by atoms with Crippen molar-refractivity contribution in [3.05, 3.63) is 65.7 Å². The molecule has 14 nitrogen and oxygen atoms in total. The molecule has 1 saturated heterocycles. The molecule has 0 bridgehead atoms. The third-order valence-corrected chi connectivity index (χ3v) is 7.43. The van der Waals surface area contributed by atoms with Crippen LogP contribution in [0.3, 0.4) is 0 Å². The quantitative estimate of drug-likeness (QED) is 0.192. The van der Waals surface area contributed by atoms with Crippen LogP contribution in [0, 0.1) is 5.92 Å². The smallest absolute Gasteiger partial charge is 0.245 e. The predicted molar refractivity (Wildman–Crippen MR) is 167 cm³/mol. The highest BCUT2D eigenvalue weighted by molar-refractivity contribution is 5.97. The maximum absolute atomic E-state index is 13.7. The number of carbonyl (C=O) groups is 6. The molecule has 2 aromatic carbocycles. The zero-order valence-corrected chi connectivity index (χ0v) is 26.2. The number of nitrogens with one attached hydrogen (secondary N) is 6. The lowest BCUT2D eigenvalue weighted by atomic mass is 9.99. The standard InChI is InChI=1S/C32H42N6O8/c1-17(2)26-31(45)35-23(15-21-10-12-22(40)13-11-21)29(43)34-18(3)28(42)33-16-25(41)37-27(19(4)39)32(46)36-24(30(44)38-26)14-20-8-6-5-7-9-20/h5-13,17-19,23-24,26-27,39-40H,14-16H2,1-4H3,(H,33,42)(H,34,43)(H,35,45)(H,36,46)(H,37,41)(H,38,44)/t18-,19+,23-,24-,26-,27-/m0/s1. The fraction of sp³-hybridized carbons (Fsp3) is 0.438. The summed E-state index contributed by atoms with van der Waals surface area (Å²) in [6.45, 7) is 5.49. The van der Waals surface area contributed by atoms with Crippen molar-refractivity contribution in [2.24, 2.45) is 5.92 Å². The SMILES string of the molecule is CC(C)[C@@H]1NC(=O)[C@H](Cc2ccccc2)NC(=O)[C@H]([C@@H](C)O)NC(=O)CNC(=O)[C@H](C)NC(=O)[C@H](Cc2ccc(O)cc2)NC1=O. The van der Waals surface area contributed by atoms with Gasteiger partial charge in [0.1, 0.15) is 36.0 Å². The molecule has 1 aliphatic rings. The molecule has 8 N–H and O–H groups in total. The summed E-state index contributed by atoms with van der Waals surface area (Å²) in [5.41, 5.74) is 1.29. The van der Waals surface area contributed by atoms with Gasteiger partial charge in [-0.3, -0.25) is 28.8 Å². The predicted octanol–water partition coefficient (Wildman–Crippen LogP) is -1.21. The summed E-state index contributed by atoms with van der Waals surface area (Å²) in [6.07, 6.45) is -1.37. The maximum atomic E-state index is 13.7. The fourth-order valence-electron chi connectivity index (χ4n) is 4.78. The third kappa shape index (κ3) is 10.3. The summed E-state index contributed by atoms with van der Waals surface area (Å²) in [5.74, 6) is -4.91. The van der Waals surface area contributed by atoms with E-state index in [-0.39, 0.29) is 18.6 Å². The molecule has 0 aromatic heterocycles. The Morgan fingerprint density at radius 1 is 0.652 bits per heavy atom. The number of aliphatic hydroxyl groups excluding tert-OH is 1. The first-order chi connectivity index (χ1) is 21.7. The minimum absolute atomic E-state index is 0.00998. The Balaban J connectivity index is 1.99. The van der Waals surface area contributed by atoms with Crippen molar-refractivity contribution in [3.8, 4) is 5.75 Å². The van der Waals surface area contributed by atoms with E-state index in [2.05, 4.69) is 31.9 Å². The van der Waals surface area contributed by atoms with Gasteiger partial charge in [-0.15, -0.1) is 0 Å². The average molecular weight is 639 g/mol. The van der Waals surface area contributed by atoms with Gasteiger partial charge in [0.05, 0.1) is 12.6 Å². The zero-order chi connectivity index (χ0) is 34.0. The van der Waals surface area contributed by atoms with Crippen molar-refractivity contribution in [3.63, 3.8) is 0 Å². The van der Waals surface area contributed by atoms with E-state index in [4.69, 9.17) is 0 Å².